The zero-order chi connectivity index (χ0) is 14.5. The molecule has 1 aromatic rings. The lowest BCUT2D eigenvalue weighted by molar-refractivity contribution is 0.0948. The van der Waals surface area contributed by atoms with Gasteiger partial charge in [0.25, 0.3) is 5.91 Å². The van der Waals surface area contributed by atoms with Crippen LogP contribution in [0, 0.1) is 6.92 Å². The third-order valence-electron chi connectivity index (χ3n) is 3.79. The number of nitrogens with two attached hydrogens (primary N) is 1. The zero-order valence-electron chi connectivity index (χ0n) is 12.2. The first-order valence-electron chi connectivity index (χ1n) is 6.67. The Bertz CT molecular complexity index is 434. The number of hydrogen-bond donors (Lipinski definition) is 2. The number of nitrogens with one attached hydrogen (secondary N) is 1. The van der Waals surface area contributed by atoms with Crippen LogP contribution in [0.4, 0.5) is 5.69 Å². The maximum Gasteiger partial charge on any atom is 0.251 e. The number of amides is 1. The molecule has 3 N–H and O–H groups in total. The molecular formula is C15H24N2OS. The monoisotopic (exact) mass is 280 g/mol. The predicted octanol–water partition coefficient (Wildman–Crippen LogP) is 3.23. The molecule has 0 atom stereocenters. The van der Waals surface area contributed by atoms with Gasteiger partial charge in [-0.1, -0.05) is 13.8 Å². The number of anilines is 1. The van der Waals surface area contributed by atoms with Crippen LogP contribution in [0.5, 0.6) is 0 Å². The van der Waals surface area contributed by atoms with Crippen molar-refractivity contribution in [2.45, 2.75) is 38.4 Å². The molecule has 0 heterocycles. The molecule has 1 rings (SSSR count). The van der Waals surface area contributed by atoms with E-state index in [1.807, 2.05) is 24.8 Å². The molecule has 0 spiro atoms. The lowest BCUT2D eigenvalue weighted by Gasteiger charge is -2.29. The van der Waals surface area contributed by atoms with Gasteiger partial charge in [0.2, 0.25) is 0 Å². The Hall–Kier alpha value is -1.16. The number of carbonyl (C=O) groups excluding carboxylic acids is 1. The van der Waals surface area contributed by atoms with Crippen molar-refractivity contribution in [1.29, 1.82) is 0 Å². The summed E-state index contributed by atoms with van der Waals surface area (Å²) < 4.78 is 0.136. The van der Waals surface area contributed by atoms with Gasteiger partial charge in [-0.2, -0.15) is 11.8 Å². The number of aryl methyl sites for hydroxylation is 1. The standard InChI is InChI=1S/C15H24N2OS/c1-5-15(6-2,19-4)10-17-14(18)13-8-7-12(16)9-11(13)3/h7-9H,5-6,10,16H2,1-4H3,(H,17,18). The Balaban J connectivity index is 2.75. The van der Waals surface area contributed by atoms with Crippen LogP contribution in [-0.2, 0) is 0 Å². The summed E-state index contributed by atoms with van der Waals surface area (Å²) in [5, 5.41) is 3.05. The van der Waals surface area contributed by atoms with E-state index in [0.717, 1.165) is 18.4 Å². The quantitative estimate of drug-likeness (QED) is 0.787. The summed E-state index contributed by atoms with van der Waals surface area (Å²) >= 11 is 1.83. The average Bonchev–Trinajstić information content (AvgIpc) is 2.40. The van der Waals surface area contributed by atoms with Gasteiger partial charge in [0, 0.05) is 22.5 Å². The van der Waals surface area contributed by atoms with Crippen molar-refractivity contribution in [2.75, 3.05) is 18.5 Å². The van der Waals surface area contributed by atoms with Crippen molar-refractivity contribution in [1.82, 2.24) is 5.32 Å². The minimum atomic E-state index is -0.0159. The zero-order valence-corrected chi connectivity index (χ0v) is 13.1. The van der Waals surface area contributed by atoms with Crippen molar-refractivity contribution >= 4 is 23.4 Å². The van der Waals surface area contributed by atoms with Crippen LogP contribution >= 0.6 is 11.8 Å². The third kappa shape index (κ3) is 3.90. The molecule has 106 valence electrons. The SMILES string of the molecule is CCC(CC)(CNC(=O)c1ccc(N)cc1C)SC. The molecule has 0 saturated heterocycles. The fraction of sp³-hybridized carbons (Fsp3) is 0.533. The lowest BCUT2D eigenvalue weighted by atomic mass is 10.0. The summed E-state index contributed by atoms with van der Waals surface area (Å²) in [5.74, 6) is -0.0159. The van der Waals surface area contributed by atoms with E-state index in [1.165, 1.54) is 0 Å². The van der Waals surface area contributed by atoms with Crippen LogP contribution in [0.1, 0.15) is 42.6 Å². The average molecular weight is 280 g/mol. The van der Waals surface area contributed by atoms with E-state index in [-0.39, 0.29) is 10.7 Å². The van der Waals surface area contributed by atoms with Gasteiger partial charge in [0.05, 0.1) is 0 Å². The Labute approximate surface area is 120 Å². The van der Waals surface area contributed by atoms with Gasteiger partial charge in [0.15, 0.2) is 0 Å². The van der Waals surface area contributed by atoms with Crippen molar-refractivity contribution in [3.8, 4) is 0 Å². The molecule has 4 heteroatoms. The first kappa shape index (κ1) is 15.9. The van der Waals surface area contributed by atoms with E-state index < -0.39 is 0 Å². The van der Waals surface area contributed by atoms with E-state index in [1.54, 1.807) is 12.1 Å². The van der Waals surface area contributed by atoms with Crippen LogP contribution in [0.3, 0.4) is 0 Å². The molecule has 1 aromatic carbocycles. The Morgan fingerprint density at radius 3 is 2.47 bits per heavy atom. The smallest absolute Gasteiger partial charge is 0.251 e. The normalized spacial score (nSPS) is 11.4. The molecule has 0 unspecified atom stereocenters. The third-order valence-corrected chi connectivity index (χ3v) is 5.38. The summed E-state index contributed by atoms with van der Waals surface area (Å²) in [6.45, 7) is 6.94. The fourth-order valence-corrected chi connectivity index (χ4v) is 2.93. The molecule has 0 radical (unpaired) electrons. The van der Waals surface area contributed by atoms with Crippen molar-refractivity contribution in [3.63, 3.8) is 0 Å². The van der Waals surface area contributed by atoms with Gasteiger partial charge >= 0.3 is 0 Å². The maximum atomic E-state index is 12.2. The van der Waals surface area contributed by atoms with E-state index in [9.17, 15) is 4.79 Å². The summed E-state index contributed by atoms with van der Waals surface area (Å²) in [6, 6.07) is 5.39. The van der Waals surface area contributed by atoms with E-state index in [2.05, 4.69) is 25.4 Å². The van der Waals surface area contributed by atoms with Gasteiger partial charge in [-0.25, -0.2) is 0 Å². The van der Waals surface area contributed by atoms with E-state index in [4.69, 9.17) is 5.73 Å². The summed E-state index contributed by atoms with van der Waals surface area (Å²) in [6.07, 6.45) is 4.20. The minimum absolute atomic E-state index is 0.0159. The largest absolute Gasteiger partial charge is 0.399 e. The molecule has 19 heavy (non-hydrogen) atoms. The van der Waals surface area contributed by atoms with Gasteiger partial charge in [-0.15, -0.1) is 0 Å². The summed E-state index contributed by atoms with van der Waals surface area (Å²) in [5.41, 5.74) is 8.01. The van der Waals surface area contributed by atoms with Gasteiger partial charge < -0.3 is 11.1 Å². The summed E-state index contributed by atoms with van der Waals surface area (Å²) in [4.78, 5) is 12.2. The van der Waals surface area contributed by atoms with Gasteiger partial charge in [-0.05, 0) is 49.8 Å². The van der Waals surface area contributed by atoms with Crippen LogP contribution in [-0.4, -0.2) is 23.5 Å². The second kappa shape index (κ2) is 6.85. The number of nitrogen functional groups attached to an aromatic ring is 1. The fourth-order valence-electron chi connectivity index (χ4n) is 2.14. The molecule has 0 aliphatic heterocycles. The first-order chi connectivity index (χ1) is 8.98. The van der Waals surface area contributed by atoms with Crippen LogP contribution in [0.2, 0.25) is 0 Å². The number of rotatable bonds is 6. The van der Waals surface area contributed by atoms with E-state index >= 15 is 0 Å². The highest BCUT2D eigenvalue weighted by Crippen LogP contribution is 2.29. The highest BCUT2D eigenvalue weighted by atomic mass is 32.2. The predicted molar refractivity (Wildman–Crippen MR) is 84.8 cm³/mol. The molecule has 0 aliphatic carbocycles. The number of hydrogen-bond acceptors (Lipinski definition) is 3. The number of benzene rings is 1. The topological polar surface area (TPSA) is 55.1 Å². The Morgan fingerprint density at radius 2 is 2.00 bits per heavy atom. The molecule has 0 aromatic heterocycles. The Kier molecular flexibility index (Phi) is 5.73. The van der Waals surface area contributed by atoms with Gasteiger partial charge in [0.1, 0.15) is 0 Å². The number of carbonyl (C=O) groups is 1. The van der Waals surface area contributed by atoms with E-state index in [0.29, 0.717) is 17.8 Å². The molecule has 0 saturated carbocycles. The minimum Gasteiger partial charge on any atom is -0.399 e. The van der Waals surface area contributed by atoms with Crippen LogP contribution < -0.4 is 11.1 Å². The second-order valence-electron chi connectivity index (χ2n) is 4.85. The molecule has 1 amide bonds. The second-order valence-corrected chi connectivity index (χ2v) is 6.13. The van der Waals surface area contributed by atoms with Crippen molar-refractivity contribution in [3.05, 3.63) is 29.3 Å². The first-order valence-corrected chi connectivity index (χ1v) is 7.90. The molecule has 3 nitrogen and oxygen atoms in total. The van der Waals surface area contributed by atoms with Gasteiger partial charge in [-0.3, -0.25) is 4.79 Å². The van der Waals surface area contributed by atoms with Crippen LogP contribution in [0.25, 0.3) is 0 Å². The highest BCUT2D eigenvalue weighted by Gasteiger charge is 2.25. The van der Waals surface area contributed by atoms with Crippen molar-refractivity contribution in [2.24, 2.45) is 0 Å². The lowest BCUT2D eigenvalue weighted by Crippen LogP contribution is -2.39. The Morgan fingerprint density at radius 1 is 1.37 bits per heavy atom. The molecule has 0 fully saturated rings. The van der Waals surface area contributed by atoms with Crippen LogP contribution in [0.15, 0.2) is 18.2 Å². The maximum absolute atomic E-state index is 12.2. The molecule has 0 aliphatic rings. The molecule has 0 bridgehead atoms. The van der Waals surface area contributed by atoms with Crippen molar-refractivity contribution < 1.29 is 4.79 Å². The molecular weight excluding hydrogens is 256 g/mol. The summed E-state index contributed by atoms with van der Waals surface area (Å²) in [7, 11) is 0. The highest BCUT2D eigenvalue weighted by molar-refractivity contribution is 8.00. The number of thioether (sulfide) groups is 1.